The van der Waals surface area contributed by atoms with E-state index in [9.17, 15) is 4.79 Å². The molecule has 0 radical (unpaired) electrons. The lowest BCUT2D eigenvalue weighted by atomic mass is 9.98. The number of nitrogens with zero attached hydrogens (tertiary/aromatic N) is 1. The van der Waals surface area contributed by atoms with Crippen molar-refractivity contribution in [2.24, 2.45) is 5.92 Å². The summed E-state index contributed by atoms with van der Waals surface area (Å²) in [5, 5.41) is 10.3. The van der Waals surface area contributed by atoms with Crippen LogP contribution >= 0.6 is 0 Å². The predicted octanol–water partition coefficient (Wildman–Crippen LogP) is 3.95. The van der Waals surface area contributed by atoms with E-state index in [1.807, 2.05) is 30.3 Å². The highest BCUT2D eigenvalue weighted by Gasteiger charge is 2.14. The van der Waals surface area contributed by atoms with Gasteiger partial charge in [0.15, 0.2) is 0 Å². The Hall–Kier alpha value is -2.55. The maximum absolute atomic E-state index is 11.1. The standard InChI is InChI=1S/C19H19NO2/c1-14(19(21)22)12-16-8-5-9-18-17(16)10-11-20(18)13-15-6-3-2-4-7-15/h2-11,14H,12-13H2,1H3,(H,21,22). The highest BCUT2D eigenvalue weighted by atomic mass is 16.4. The summed E-state index contributed by atoms with van der Waals surface area (Å²) >= 11 is 0. The van der Waals surface area contributed by atoms with E-state index in [1.54, 1.807) is 6.92 Å². The number of aliphatic carboxylic acids is 1. The summed E-state index contributed by atoms with van der Waals surface area (Å²) in [5.41, 5.74) is 3.50. The second-order valence-electron chi connectivity index (χ2n) is 5.72. The van der Waals surface area contributed by atoms with Crippen molar-refractivity contribution in [2.75, 3.05) is 0 Å². The zero-order valence-electron chi connectivity index (χ0n) is 12.6. The fraction of sp³-hybridized carbons (Fsp3) is 0.211. The minimum absolute atomic E-state index is 0.372. The van der Waals surface area contributed by atoms with Crippen molar-refractivity contribution < 1.29 is 9.90 Å². The average molecular weight is 293 g/mol. The van der Waals surface area contributed by atoms with Crippen LogP contribution in [0, 0.1) is 5.92 Å². The summed E-state index contributed by atoms with van der Waals surface area (Å²) in [6.45, 7) is 2.57. The number of benzene rings is 2. The number of fused-ring (bicyclic) bond motifs is 1. The Bertz CT molecular complexity index is 790. The van der Waals surface area contributed by atoms with Crippen molar-refractivity contribution in [3.63, 3.8) is 0 Å². The molecule has 3 rings (SSSR count). The Labute approximate surface area is 129 Å². The van der Waals surface area contributed by atoms with Gasteiger partial charge in [-0.3, -0.25) is 4.79 Å². The molecular weight excluding hydrogens is 274 g/mol. The van der Waals surface area contributed by atoms with Gasteiger partial charge in [-0.2, -0.15) is 0 Å². The van der Waals surface area contributed by atoms with Gasteiger partial charge in [0, 0.05) is 23.6 Å². The molecule has 3 aromatic rings. The molecule has 0 bridgehead atoms. The SMILES string of the molecule is CC(Cc1cccc2c1ccn2Cc1ccccc1)C(=O)O. The van der Waals surface area contributed by atoms with Gasteiger partial charge in [0.05, 0.1) is 5.92 Å². The Morgan fingerprint density at radius 2 is 1.86 bits per heavy atom. The van der Waals surface area contributed by atoms with Crippen LogP contribution in [0.25, 0.3) is 10.9 Å². The normalized spacial score (nSPS) is 12.4. The Balaban J connectivity index is 1.93. The van der Waals surface area contributed by atoms with Crippen LogP contribution in [0.5, 0.6) is 0 Å². The zero-order valence-corrected chi connectivity index (χ0v) is 12.6. The topological polar surface area (TPSA) is 42.2 Å². The Morgan fingerprint density at radius 1 is 1.09 bits per heavy atom. The van der Waals surface area contributed by atoms with Crippen molar-refractivity contribution in [3.05, 3.63) is 71.9 Å². The summed E-state index contributed by atoms with van der Waals surface area (Å²) < 4.78 is 2.21. The number of carboxylic acid groups (broad SMARTS) is 1. The molecule has 22 heavy (non-hydrogen) atoms. The lowest BCUT2D eigenvalue weighted by Gasteiger charge is -2.09. The first-order valence-corrected chi connectivity index (χ1v) is 7.48. The smallest absolute Gasteiger partial charge is 0.306 e. The predicted molar refractivity (Wildman–Crippen MR) is 88.0 cm³/mol. The fourth-order valence-corrected chi connectivity index (χ4v) is 2.80. The molecule has 0 spiro atoms. The molecule has 0 aliphatic rings. The maximum Gasteiger partial charge on any atom is 0.306 e. The Morgan fingerprint density at radius 3 is 2.59 bits per heavy atom. The van der Waals surface area contributed by atoms with E-state index in [-0.39, 0.29) is 5.92 Å². The summed E-state index contributed by atoms with van der Waals surface area (Å²) in [6, 6.07) is 18.5. The molecular formula is C19H19NO2. The van der Waals surface area contributed by atoms with E-state index in [0.717, 1.165) is 23.0 Å². The quantitative estimate of drug-likeness (QED) is 0.774. The van der Waals surface area contributed by atoms with Gasteiger partial charge in [0.1, 0.15) is 0 Å². The van der Waals surface area contributed by atoms with Crippen molar-refractivity contribution in [2.45, 2.75) is 19.9 Å². The third-order valence-corrected chi connectivity index (χ3v) is 4.05. The molecule has 3 nitrogen and oxygen atoms in total. The summed E-state index contributed by atoms with van der Waals surface area (Å²) in [7, 11) is 0. The molecule has 1 aromatic heterocycles. The van der Waals surface area contributed by atoms with Crippen LogP contribution in [0.15, 0.2) is 60.8 Å². The molecule has 1 atom stereocenters. The largest absolute Gasteiger partial charge is 0.481 e. The molecule has 0 fully saturated rings. The number of hydrogen-bond acceptors (Lipinski definition) is 1. The Kier molecular flexibility index (Phi) is 3.96. The molecule has 0 aliphatic heterocycles. The third-order valence-electron chi connectivity index (χ3n) is 4.05. The van der Waals surface area contributed by atoms with E-state index < -0.39 is 5.97 Å². The molecule has 1 unspecified atom stereocenters. The number of aromatic nitrogens is 1. The van der Waals surface area contributed by atoms with Crippen LogP contribution in [-0.4, -0.2) is 15.6 Å². The molecule has 1 N–H and O–H groups in total. The molecule has 0 amide bonds. The summed E-state index contributed by atoms with van der Waals surface area (Å²) in [4.78, 5) is 11.1. The first kappa shape index (κ1) is 14.4. The van der Waals surface area contributed by atoms with E-state index in [1.165, 1.54) is 5.56 Å². The van der Waals surface area contributed by atoms with Gasteiger partial charge < -0.3 is 9.67 Å². The van der Waals surface area contributed by atoms with Crippen molar-refractivity contribution in [3.8, 4) is 0 Å². The minimum atomic E-state index is -0.749. The number of rotatable bonds is 5. The van der Waals surface area contributed by atoms with Crippen molar-refractivity contribution in [1.29, 1.82) is 0 Å². The highest BCUT2D eigenvalue weighted by molar-refractivity contribution is 5.84. The molecule has 2 aromatic carbocycles. The summed E-state index contributed by atoms with van der Waals surface area (Å²) in [6.07, 6.45) is 2.63. The molecule has 112 valence electrons. The molecule has 0 saturated heterocycles. The van der Waals surface area contributed by atoms with Crippen LogP contribution < -0.4 is 0 Å². The average Bonchev–Trinajstić information content (AvgIpc) is 2.92. The van der Waals surface area contributed by atoms with Gasteiger partial charge >= 0.3 is 5.97 Å². The van der Waals surface area contributed by atoms with Crippen LogP contribution in [0.3, 0.4) is 0 Å². The number of hydrogen-bond donors (Lipinski definition) is 1. The van der Waals surface area contributed by atoms with Gasteiger partial charge in [0.25, 0.3) is 0 Å². The number of carboxylic acids is 1. The van der Waals surface area contributed by atoms with E-state index in [0.29, 0.717) is 6.42 Å². The van der Waals surface area contributed by atoms with Crippen LogP contribution in [0.4, 0.5) is 0 Å². The van der Waals surface area contributed by atoms with Crippen molar-refractivity contribution >= 4 is 16.9 Å². The van der Waals surface area contributed by atoms with E-state index in [4.69, 9.17) is 5.11 Å². The third kappa shape index (κ3) is 2.89. The maximum atomic E-state index is 11.1. The first-order valence-electron chi connectivity index (χ1n) is 7.48. The van der Waals surface area contributed by atoms with Crippen LogP contribution in [0.2, 0.25) is 0 Å². The molecule has 1 heterocycles. The first-order chi connectivity index (χ1) is 10.6. The van der Waals surface area contributed by atoms with Gasteiger partial charge in [-0.25, -0.2) is 0 Å². The number of carbonyl (C=O) groups is 1. The molecule has 0 aliphatic carbocycles. The van der Waals surface area contributed by atoms with E-state index in [2.05, 4.69) is 35.0 Å². The lowest BCUT2D eigenvalue weighted by molar-refractivity contribution is -0.141. The van der Waals surface area contributed by atoms with Crippen molar-refractivity contribution in [1.82, 2.24) is 4.57 Å². The van der Waals surface area contributed by atoms with Gasteiger partial charge in [-0.1, -0.05) is 49.4 Å². The minimum Gasteiger partial charge on any atom is -0.481 e. The lowest BCUT2D eigenvalue weighted by Crippen LogP contribution is -2.12. The van der Waals surface area contributed by atoms with Gasteiger partial charge in [-0.05, 0) is 29.7 Å². The monoisotopic (exact) mass is 293 g/mol. The van der Waals surface area contributed by atoms with Crippen LogP contribution in [0.1, 0.15) is 18.1 Å². The fourth-order valence-electron chi connectivity index (χ4n) is 2.80. The highest BCUT2D eigenvalue weighted by Crippen LogP contribution is 2.23. The molecule has 0 saturated carbocycles. The molecule has 3 heteroatoms. The van der Waals surface area contributed by atoms with Gasteiger partial charge in [0.2, 0.25) is 0 Å². The van der Waals surface area contributed by atoms with Crippen LogP contribution in [-0.2, 0) is 17.8 Å². The second kappa shape index (κ2) is 6.06. The summed E-state index contributed by atoms with van der Waals surface area (Å²) in [5.74, 6) is -1.12. The second-order valence-corrected chi connectivity index (χ2v) is 5.72. The zero-order chi connectivity index (χ0) is 15.5. The van der Waals surface area contributed by atoms with Gasteiger partial charge in [-0.15, -0.1) is 0 Å². The van der Waals surface area contributed by atoms with E-state index >= 15 is 0 Å².